The van der Waals surface area contributed by atoms with Crippen molar-refractivity contribution in [3.8, 4) is 0 Å². The van der Waals surface area contributed by atoms with Crippen molar-refractivity contribution < 1.29 is 18.3 Å². The molecular formula is C14H20F2N2O2. The third kappa shape index (κ3) is 4.45. The molecule has 1 aromatic carbocycles. The van der Waals surface area contributed by atoms with Crippen molar-refractivity contribution >= 4 is 11.7 Å². The predicted octanol–water partition coefficient (Wildman–Crippen LogP) is 2.29. The number of hydrogen-bond acceptors (Lipinski definition) is 4. The molecule has 0 spiro atoms. The van der Waals surface area contributed by atoms with Crippen molar-refractivity contribution in [2.45, 2.75) is 32.2 Å². The van der Waals surface area contributed by atoms with Crippen LogP contribution in [0.4, 0.5) is 14.5 Å². The molecule has 0 aliphatic rings. The summed E-state index contributed by atoms with van der Waals surface area (Å²) >= 11 is 0. The van der Waals surface area contributed by atoms with Gasteiger partial charge in [0.05, 0.1) is 12.5 Å². The number of alkyl halides is 2. The summed E-state index contributed by atoms with van der Waals surface area (Å²) in [7, 11) is 1.74. The fourth-order valence-corrected chi connectivity index (χ4v) is 2.08. The molecule has 6 heteroatoms. The van der Waals surface area contributed by atoms with Gasteiger partial charge in [0.15, 0.2) is 0 Å². The van der Waals surface area contributed by atoms with Crippen LogP contribution in [0, 0.1) is 0 Å². The highest BCUT2D eigenvalue weighted by Crippen LogP contribution is 2.29. The number of ether oxygens (including phenoxy) is 1. The molecule has 0 bridgehead atoms. The fraction of sp³-hybridized carbons (Fsp3) is 0.500. The van der Waals surface area contributed by atoms with E-state index < -0.39 is 24.7 Å². The molecule has 0 heterocycles. The minimum absolute atomic E-state index is 0.162. The van der Waals surface area contributed by atoms with E-state index in [4.69, 9.17) is 10.5 Å². The molecule has 0 saturated heterocycles. The van der Waals surface area contributed by atoms with Crippen LogP contribution in [0.2, 0.25) is 0 Å². The zero-order chi connectivity index (χ0) is 15.1. The van der Waals surface area contributed by atoms with E-state index in [9.17, 15) is 13.6 Å². The van der Waals surface area contributed by atoms with Gasteiger partial charge in [0, 0.05) is 18.7 Å². The summed E-state index contributed by atoms with van der Waals surface area (Å²) in [6.45, 7) is 2.25. The first-order valence-electron chi connectivity index (χ1n) is 6.47. The van der Waals surface area contributed by atoms with E-state index >= 15 is 0 Å². The lowest BCUT2D eigenvalue weighted by molar-refractivity contribution is -0.146. The van der Waals surface area contributed by atoms with Crippen LogP contribution >= 0.6 is 0 Å². The molecule has 4 nitrogen and oxygen atoms in total. The minimum atomic E-state index is -2.58. The van der Waals surface area contributed by atoms with Crippen molar-refractivity contribution in [3.63, 3.8) is 0 Å². The zero-order valence-electron chi connectivity index (χ0n) is 11.7. The first-order valence-corrected chi connectivity index (χ1v) is 6.47. The van der Waals surface area contributed by atoms with Crippen molar-refractivity contribution in [1.82, 2.24) is 5.32 Å². The number of esters is 1. The van der Waals surface area contributed by atoms with E-state index in [1.807, 2.05) is 0 Å². The first kappa shape index (κ1) is 16.4. The van der Waals surface area contributed by atoms with Crippen LogP contribution in [-0.4, -0.2) is 26.0 Å². The molecule has 1 atom stereocenters. The number of benzene rings is 1. The normalized spacial score (nSPS) is 12.4. The second-order valence-electron chi connectivity index (χ2n) is 4.42. The summed E-state index contributed by atoms with van der Waals surface area (Å²) in [6.07, 6.45) is -3.14. The van der Waals surface area contributed by atoms with Gasteiger partial charge in [-0.15, -0.1) is 0 Å². The topological polar surface area (TPSA) is 64.3 Å². The number of rotatable bonds is 7. The van der Waals surface area contributed by atoms with Gasteiger partial charge in [0.2, 0.25) is 6.43 Å². The lowest BCUT2D eigenvalue weighted by Gasteiger charge is -2.19. The van der Waals surface area contributed by atoms with Crippen LogP contribution in [0.3, 0.4) is 0 Å². The van der Waals surface area contributed by atoms with Crippen molar-refractivity contribution in [1.29, 1.82) is 0 Å². The maximum absolute atomic E-state index is 12.7. The van der Waals surface area contributed by atoms with Gasteiger partial charge in [0.1, 0.15) is 0 Å². The second-order valence-corrected chi connectivity index (χ2v) is 4.42. The lowest BCUT2D eigenvalue weighted by Crippen LogP contribution is -2.21. The van der Waals surface area contributed by atoms with E-state index in [2.05, 4.69) is 5.32 Å². The molecule has 112 valence electrons. The average Bonchev–Trinajstić information content (AvgIpc) is 2.37. The third-order valence-electron chi connectivity index (χ3n) is 2.89. The fourth-order valence-electron chi connectivity index (χ4n) is 2.08. The Labute approximate surface area is 117 Å². The van der Waals surface area contributed by atoms with Crippen LogP contribution < -0.4 is 11.1 Å². The van der Waals surface area contributed by atoms with Crippen molar-refractivity contribution in [3.05, 3.63) is 29.3 Å². The zero-order valence-corrected chi connectivity index (χ0v) is 11.7. The molecule has 0 amide bonds. The monoisotopic (exact) mass is 286 g/mol. The molecule has 0 saturated carbocycles. The molecule has 0 aliphatic heterocycles. The first-order chi connectivity index (χ1) is 9.49. The van der Waals surface area contributed by atoms with Crippen LogP contribution in [0.15, 0.2) is 18.2 Å². The Morgan fingerprint density at radius 3 is 2.70 bits per heavy atom. The summed E-state index contributed by atoms with van der Waals surface area (Å²) in [5.74, 6) is -1.60. The Morgan fingerprint density at radius 1 is 1.45 bits per heavy atom. The van der Waals surface area contributed by atoms with Crippen molar-refractivity contribution in [2.24, 2.45) is 0 Å². The van der Waals surface area contributed by atoms with E-state index in [0.717, 1.165) is 5.56 Å². The molecular weight excluding hydrogens is 266 g/mol. The SMILES string of the molecule is CCOC(=O)[C@H](CC(F)F)c1ccc(N)cc1CNC. The molecule has 3 N–H and O–H groups in total. The highest BCUT2D eigenvalue weighted by Gasteiger charge is 2.27. The summed E-state index contributed by atoms with van der Waals surface area (Å²) < 4.78 is 30.3. The van der Waals surface area contributed by atoms with Crippen LogP contribution in [0.1, 0.15) is 30.4 Å². The quantitative estimate of drug-likeness (QED) is 0.596. The Kier molecular flexibility index (Phi) is 6.38. The molecule has 0 aliphatic carbocycles. The summed E-state index contributed by atoms with van der Waals surface area (Å²) in [4.78, 5) is 11.9. The summed E-state index contributed by atoms with van der Waals surface area (Å²) in [5.41, 5.74) is 7.49. The number of nitrogen functional groups attached to an aromatic ring is 1. The van der Waals surface area contributed by atoms with Gasteiger partial charge in [-0.05, 0) is 37.2 Å². The lowest BCUT2D eigenvalue weighted by atomic mass is 9.91. The molecule has 20 heavy (non-hydrogen) atoms. The van der Waals surface area contributed by atoms with Crippen LogP contribution in [0.25, 0.3) is 0 Å². The van der Waals surface area contributed by atoms with E-state index in [-0.39, 0.29) is 6.61 Å². The largest absolute Gasteiger partial charge is 0.466 e. The number of carbonyl (C=O) groups is 1. The van der Waals surface area contributed by atoms with Gasteiger partial charge in [-0.2, -0.15) is 0 Å². The predicted molar refractivity (Wildman–Crippen MR) is 73.6 cm³/mol. The summed E-state index contributed by atoms with van der Waals surface area (Å²) in [6, 6.07) is 4.90. The molecule has 0 unspecified atom stereocenters. The number of hydrogen-bond donors (Lipinski definition) is 2. The maximum Gasteiger partial charge on any atom is 0.313 e. The van der Waals surface area contributed by atoms with E-state index in [1.54, 1.807) is 32.2 Å². The van der Waals surface area contributed by atoms with Gasteiger partial charge < -0.3 is 15.8 Å². The number of anilines is 1. The smallest absolute Gasteiger partial charge is 0.313 e. The highest BCUT2D eigenvalue weighted by atomic mass is 19.3. The molecule has 1 aromatic rings. The van der Waals surface area contributed by atoms with E-state index in [1.165, 1.54) is 0 Å². The molecule has 0 radical (unpaired) electrons. The van der Waals surface area contributed by atoms with Gasteiger partial charge in [0.25, 0.3) is 0 Å². The van der Waals surface area contributed by atoms with Gasteiger partial charge in [-0.25, -0.2) is 8.78 Å². The van der Waals surface area contributed by atoms with Gasteiger partial charge in [-0.1, -0.05) is 6.07 Å². The minimum Gasteiger partial charge on any atom is -0.466 e. The number of carbonyl (C=O) groups excluding carboxylic acids is 1. The number of nitrogens with two attached hydrogens (primary N) is 1. The Morgan fingerprint density at radius 2 is 2.15 bits per heavy atom. The maximum atomic E-state index is 12.7. The number of nitrogens with one attached hydrogen (secondary N) is 1. The third-order valence-corrected chi connectivity index (χ3v) is 2.89. The Hall–Kier alpha value is -1.69. The standard InChI is InChI=1S/C14H20F2N2O2/c1-3-20-14(19)12(7-13(15)16)11-5-4-10(17)6-9(11)8-18-2/h4-6,12-13,18H,3,7-8,17H2,1-2H3/t12-/m1/s1. The number of halogens is 2. The van der Waals surface area contributed by atoms with Crippen LogP contribution in [-0.2, 0) is 16.1 Å². The van der Waals surface area contributed by atoms with Gasteiger partial charge in [-0.3, -0.25) is 4.79 Å². The molecule has 1 rings (SSSR count). The molecule has 0 aromatic heterocycles. The average molecular weight is 286 g/mol. The van der Waals surface area contributed by atoms with E-state index in [0.29, 0.717) is 17.8 Å². The second kappa shape index (κ2) is 7.79. The summed E-state index contributed by atoms with van der Waals surface area (Å²) in [5, 5.41) is 2.94. The Bertz CT molecular complexity index is 453. The van der Waals surface area contributed by atoms with Crippen molar-refractivity contribution in [2.75, 3.05) is 19.4 Å². The Balaban J connectivity index is 3.14. The van der Waals surface area contributed by atoms with Gasteiger partial charge >= 0.3 is 5.97 Å². The molecule has 0 fully saturated rings. The van der Waals surface area contributed by atoms with Crippen LogP contribution in [0.5, 0.6) is 0 Å². The highest BCUT2D eigenvalue weighted by molar-refractivity contribution is 5.79.